The Kier molecular flexibility index (Phi) is 6.78. The Morgan fingerprint density at radius 1 is 1.07 bits per heavy atom. The molecule has 0 aromatic carbocycles. The van der Waals surface area contributed by atoms with Crippen LogP contribution in [0.25, 0.3) is 5.57 Å². The van der Waals surface area contributed by atoms with Crippen LogP contribution in [0.2, 0.25) is 0 Å². The normalized spacial score (nSPS) is 24.4. The summed E-state index contributed by atoms with van der Waals surface area (Å²) in [6.07, 6.45) is 7.56. The molecular formula is C24H38N4O2. The van der Waals surface area contributed by atoms with Gasteiger partial charge in [-0.1, -0.05) is 19.9 Å². The van der Waals surface area contributed by atoms with Crippen molar-refractivity contribution in [1.29, 1.82) is 0 Å². The molecule has 3 heterocycles. The number of nitrogens with one attached hydrogen (secondary N) is 1. The Morgan fingerprint density at radius 3 is 2.50 bits per heavy atom. The zero-order valence-corrected chi connectivity index (χ0v) is 18.7. The van der Waals surface area contributed by atoms with Gasteiger partial charge in [0, 0.05) is 39.4 Å². The number of nitrogens with zero attached hydrogens (tertiary/aromatic N) is 2. The second kappa shape index (κ2) is 9.35. The molecule has 30 heavy (non-hydrogen) atoms. The van der Waals surface area contributed by atoms with E-state index in [-0.39, 0.29) is 5.54 Å². The van der Waals surface area contributed by atoms with Crippen molar-refractivity contribution in [2.75, 3.05) is 58.3 Å². The van der Waals surface area contributed by atoms with Crippen molar-refractivity contribution >= 4 is 11.3 Å². The first-order chi connectivity index (χ1) is 14.5. The van der Waals surface area contributed by atoms with Crippen molar-refractivity contribution in [3.05, 3.63) is 29.6 Å². The largest absolute Gasteiger partial charge is 0.397 e. The van der Waals surface area contributed by atoms with Gasteiger partial charge in [-0.05, 0) is 55.2 Å². The lowest BCUT2D eigenvalue weighted by Gasteiger charge is -2.39. The smallest absolute Gasteiger partial charge is 0.0891 e. The van der Waals surface area contributed by atoms with Crippen molar-refractivity contribution < 1.29 is 9.47 Å². The lowest BCUT2D eigenvalue weighted by atomic mass is 9.77. The third-order valence-corrected chi connectivity index (χ3v) is 7.03. The van der Waals surface area contributed by atoms with Crippen LogP contribution in [0.1, 0.15) is 57.3 Å². The number of allylic oxidation sites excluding steroid dienone is 2. The maximum atomic E-state index is 6.39. The van der Waals surface area contributed by atoms with E-state index in [2.05, 4.69) is 42.3 Å². The molecule has 1 aromatic heterocycles. The standard InChI is InChI=1S/C24H38N4O2/c1-23(2)7-5-19(6-8-23)22-20(25)3-4-21(27-22)24(9-15-29-16-10-24)26-11-12-28-13-17-30-18-14-28/h3-5,26H,6-18,25H2,1-2H3. The Hall–Kier alpha value is -1.47. The van der Waals surface area contributed by atoms with Crippen molar-refractivity contribution in [2.24, 2.45) is 5.41 Å². The summed E-state index contributed by atoms with van der Waals surface area (Å²) in [5.74, 6) is 0. The topological polar surface area (TPSA) is 72.6 Å². The van der Waals surface area contributed by atoms with Crippen LogP contribution >= 0.6 is 0 Å². The van der Waals surface area contributed by atoms with Crippen molar-refractivity contribution in [3.8, 4) is 0 Å². The van der Waals surface area contributed by atoms with E-state index in [4.69, 9.17) is 20.2 Å². The van der Waals surface area contributed by atoms with Gasteiger partial charge in [-0.3, -0.25) is 4.90 Å². The van der Waals surface area contributed by atoms with E-state index in [1.54, 1.807) is 0 Å². The van der Waals surface area contributed by atoms with E-state index in [0.29, 0.717) is 5.41 Å². The lowest BCUT2D eigenvalue weighted by molar-refractivity contribution is 0.0242. The maximum absolute atomic E-state index is 6.39. The number of aromatic nitrogens is 1. The number of ether oxygens (including phenoxy) is 2. The second-order valence-electron chi connectivity index (χ2n) is 9.81. The van der Waals surface area contributed by atoms with Gasteiger partial charge < -0.3 is 20.5 Å². The first-order valence-corrected chi connectivity index (χ1v) is 11.6. The molecule has 4 rings (SSSR count). The van der Waals surface area contributed by atoms with Gasteiger partial charge >= 0.3 is 0 Å². The molecule has 2 saturated heterocycles. The molecular weight excluding hydrogens is 376 g/mol. The monoisotopic (exact) mass is 414 g/mol. The minimum absolute atomic E-state index is 0.137. The lowest BCUT2D eigenvalue weighted by Crippen LogP contribution is -2.50. The van der Waals surface area contributed by atoms with Crippen LogP contribution in [0, 0.1) is 5.41 Å². The Balaban J connectivity index is 1.53. The Morgan fingerprint density at radius 2 is 1.80 bits per heavy atom. The summed E-state index contributed by atoms with van der Waals surface area (Å²) < 4.78 is 11.2. The molecule has 0 radical (unpaired) electrons. The van der Waals surface area contributed by atoms with Gasteiger partial charge in [0.1, 0.15) is 0 Å². The van der Waals surface area contributed by atoms with Crippen LogP contribution in [-0.4, -0.2) is 62.5 Å². The van der Waals surface area contributed by atoms with Gasteiger partial charge in [0.05, 0.1) is 35.8 Å². The zero-order valence-electron chi connectivity index (χ0n) is 18.7. The summed E-state index contributed by atoms with van der Waals surface area (Å²) in [5.41, 5.74) is 10.8. The van der Waals surface area contributed by atoms with E-state index >= 15 is 0 Å². The Labute approximate surface area is 181 Å². The number of pyridine rings is 1. The second-order valence-corrected chi connectivity index (χ2v) is 9.81. The summed E-state index contributed by atoms with van der Waals surface area (Å²) in [4.78, 5) is 7.63. The van der Waals surface area contributed by atoms with E-state index in [9.17, 15) is 0 Å². The molecule has 166 valence electrons. The van der Waals surface area contributed by atoms with Gasteiger partial charge in [0.25, 0.3) is 0 Å². The highest BCUT2D eigenvalue weighted by atomic mass is 16.5. The Bertz CT molecular complexity index is 750. The molecule has 2 aliphatic heterocycles. The summed E-state index contributed by atoms with van der Waals surface area (Å²) in [5, 5.41) is 3.88. The fraction of sp³-hybridized carbons (Fsp3) is 0.708. The number of hydrogen-bond acceptors (Lipinski definition) is 6. The molecule has 0 spiro atoms. The molecule has 2 fully saturated rings. The molecule has 0 bridgehead atoms. The minimum atomic E-state index is -0.137. The van der Waals surface area contributed by atoms with Gasteiger partial charge in [-0.15, -0.1) is 0 Å². The zero-order chi connectivity index (χ0) is 21.0. The van der Waals surface area contributed by atoms with Gasteiger partial charge in [-0.2, -0.15) is 0 Å². The van der Waals surface area contributed by atoms with E-state index in [0.717, 1.165) is 95.4 Å². The quantitative estimate of drug-likeness (QED) is 0.745. The molecule has 0 atom stereocenters. The molecule has 0 saturated carbocycles. The van der Waals surface area contributed by atoms with Crippen molar-refractivity contribution in [3.63, 3.8) is 0 Å². The first-order valence-electron chi connectivity index (χ1n) is 11.6. The summed E-state index contributed by atoms with van der Waals surface area (Å²) in [6.45, 7) is 11.9. The highest BCUT2D eigenvalue weighted by Crippen LogP contribution is 2.40. The summed E-state index contributed by atoms with van der Waals surface area (Å²) in [6, 6.07) is 4.18. The van der Waals surface area contributed by atoms with Crippen molar-refractivity contribution in [1.82, 2.24) is 15.2 Å². The third kappa shape index (κ3) is 5.05. The van der Waals surface area contributed by atoms with Crippen LogP contribution in [0.3, 0.4) is 0 Å². The van der Waals surface area contributed by atoms with E-state index in [1.807, 2.05) is 0 Å². The predicted molar refractivity (Wildman–Crippen MR) is 121 cm³/mol. The van der Waals surface area contributed by atoms with Gasteiger partial charge in [-0.25, -0.2) is 4.98 Å². The average molecular weight is 415 g/mol. The summed E-state index contributed by atoms with van der Waals surface area (Å²) in [7, 11) is 0. The van der Waals surface area contributed by atoms with Crippen LogP contribution in [0.4, 0.5) is 5.69 Å². The minimum Gasteiger partial charge on any atom is -0.397 e. The molecule has 6 heteroatoms. The average Bonchev–Trinajstić information content (AvgIpc) is 2.76. The first kappa shape index (κ1) is 21.8. The SMILES string of the molecule is CC1(C)CC=C(c2nc(C3(NCCN4CCOCC4)CCOCC3)ccc2N)CC1. The predicted octanol–water partition coefficient (Wildman–Crippen LogP) is 3.18. The van der Waals surface area contributed by atoms with Crippen LogP contribution < -0.4 is 11.1 Å². The number of nitrogen functional groups attached to an aromatic ring is 1. The van der Waals surface area contributed by atoms with E-state index in [1.165, 1.54) is 12.0 Å². The number of morpholine rings is 1. The van der Waals surface area contributed by atoms with Crippen LogP contribution in [0.5, 0.6) is 0 Å². The highest BCUT2D eigenvalue weighted by Gasteiger charge is 2.36. The number of nitrogens with two attached hydrogens (primary N) is 1. The fourth-order valence-electron chi connectivity index (χ4n) is 4.81. The third-order valence-electron chi connectivity index (χ3n) is 7.03. The number of rotatable bonds is 6. The molecule has 0 unspecified atom stereocenters. The van der Waals surface area contributed by atoms with Crippen molar-refractivity contribution in [2.45, 2.75) is 51.5 Å². The fourth-order valence-corrected chi connectivity index (χ4v) is 4.81. The molecule has 3 N–H and O–H groups in total. The van der Waals surface area contributed by atoms with Crippen LogP contribution in [0.15, 0.2) is 18.2 Å². The molecule has 1 aromatic rings. The van der Waals surface area contributed by atoms with Gasteiger partial charge in [0.15, 0.2) is 0 Å². The summed E-state index contributed by atoms with van der Waals surface area (Å²) >= 11 is 0. The number of hydrogen-bond donors (Lipinski definition) is 2. The molecule has 1 aliphatic carbocycles. The molecule has 6 nitrogen and oxygen atoms in total. The van der Waals surface area contributed by atoms with E-state index < -0.39 is 0 Å². The van der Waals surface area contributed by atoms with Gasteiger partial charge in [0.2, 0.25) is 0 Å². The highest BCUT2D eigenvalue weighted by molar-refractivity contribution is 5.73. The number of anilines is 1. The molecule has 0 amide bonds. The van der Waals surface area contributed by atoms with Crippen LogP contribution in [-0.2, 0) is 15.0 Å². The maximum Gasteiger partial charge on any atom is 0.0891 e. The molecule has 3 aliphatic rings.